The standard InChI is InChI=1S/C16H22O2.C8H10/c1-3-5-8-12-9-7-11-14-15(12)13(10-6-4-2)16(17)18-14;1-7-5-3-4-6-8(7)2/h7,9,11,13H,3-6,8,10H2,1-2H3;3-6H,1-2H3. The third kappa shape index (κ3) is 5.20. The predicted molar refractivity (Wildman–Crippen MR) is 109 cm³/mol. The molecule has 0 amide bonds. The molecule has 0 aliphatic carbocycles. The molecule has 140 valence electrons. The number of hydrogen-bond donors (Lipinski definition) is 0. The van der Waals surface area contributed by atoms with Crippen LogP contribution in [0.15, 0.2) is 42.5 Å². The van der Waals surface area contributed by atoms with Crippen LogP contribution >= 0.6 is 0 Å². The van der Waals surface area contributed by atoms with Crippen molar-refractivity contribution in [3.05, 3.63) is 64.7 Å². The number of carbonyl (C=O) groups is 1. The first-order valence-corrected chi connectivity index (χ1v) is 9.94. The Morgan fingerprint density at radius 3 is 2.12 bits per heavy atom. The molecule has 0 spiro atoms. The summed E-state index contributed by atoms with van der Waals surface area (Å²) < 4.78 is 5.40. The summed E-state index contributed by atoms with van der Waals surface area (Å²) in [6.07, 6.45) is 6.53. The van der Waals surface area contributed by atoms with E-state index < -0.39 is 0 Å². The quantitative estimate of drug-likeness (QED) is 0.436. The molecule has 2 aromatic rings. The molecule has 3 rings (SSSR count). The normalized spacial score (nSPS) is 15.1. The molecule has 1 unspecified atom stereocenters. The van der Waals surface area contributed by atoms with Crippen molar-refractivity contribution in [2.75, 3.05) is 0 Å². The minimum atomic E-state index is -0.0533. The smallest absolute Gasteiger partial charge is 0.318 e. The average Bonchev–Trinajstić information content (AvgIpc) is 2.97. The van der Waals surface area contributed by atoms with Crippen LogP contribution in [0.25, 0.3) is 0 Å². The van der Waals surface area contributed by atoms with Gasteiger partial charge in [-0.15, -0.1) is 0 Å². The van der Waals surface area contributed by atoms with Gasteiger partial charge in [-0.05, 0) is 55.9 Å². The maximum atomic E-state index is 11.9. The van der Waals surface area contributed by atoms with E-state index in [9.17, 15) is 4.79 Å². The van der Waals surface area contributed by atoms with Gasteiger partial charge in [-0.25, -0.2) is 0 Å². The Bertz CT molecular complexity index is 697. The fourth-order valence-electron chi connectivity index (χ4n) is 3.29. The molecule has 26 heavy (non-hydrogen) atoms. The van der Waals surface area contributed by atoms with Crippen LogP contribution in [0.1, 0.15) is 74.1 Å². The number of esters is 1. The molecular weight excluding hydrogens is 320 g/mol. The number of carbonyl (C=O) groups excluding carboxylic acids is 1. The first kappa shape index (κ1) is 20.2. The molecule has 0 fully saturated rings. The van der Waals surface area contributed by atoms with E-state index in [1.165, 1.54) is 35.1 Å². The van der Waals surface area contributed by atoms with Gasteiger partial charge in [0.05, 0.1) is 5.92 Å². The summed E-state index contributed by atoms with van der Waals surface area (Å²) in [6.45, 7) is 8.59. The van der Waals surface area contributed by atoms with E-state index in [0.29, 0.717) is 0 Å². The van der Waals surface area contributed by atoms with Crippen LogP contribution in [0, 0.1) is 13.8 Å². The maximum absolute atomic E-state index is 11.9. The van der Waals surface area contributed by atoms with Crippen molar-refractivity contribution in [3.8, 4) is 5.75 Å². The lowest BCUT2D eigenvalue weighted by Gasteiger charge is -2.11. The average molecular weight is 353 g/mol. The second-order valence-corrected chi connectivity index (χ2v) is 7.13. The van der Waals surface area contributed by atoms with Crippen molar-refractivity contribution in [1.29, 1.82) is 0 Å². The van der Waals surface area contributed by atoms with Gasteiger partial charge >= 0.3 is 5.97 Å². The third-order valence-electron chi connectivity index (χ3n) is 5.07. The minimum absolute atomic E-state index is 0.0204. The lowest BCUT2D eigenvalue weighted by Crippen LogP contribution is -2.11. The van der Waals surface area contributed by atoms with Crippen LogP contribution in [0.3, 0.4) is 0 Å². The molecule has 2 nitrogen and oxygen atoms in total. The van der Waals surface area contributed by atoms with Crippen LogP contribution in [0.4, 0.5) is 0 Å². The van der Waals surface area contributed by atoms with Gasteiger partial charge in [-0.2, -0.15) is 0 Å². The zero-order valence-electron chi connectivity index (χ0n) is 16.7. The lowest BCUT2D eigenvalue weighted by atomic mass is 9.89. The summed E-state index contributed by atoms with van der Waals surface area (Å²) in [4.78, 5) is 11.9. The van der Waals surface area contributed by atoms with Crippen LogP contribution in [-0.4, -0.2) is 5.97 Å². The molecule has 2 aromatic carbocycles. The third-order valence-corrected chi connectivity index (χ3v) is 5.07. The van der Waals surface area contributed by atoms with E-state index in [2.05, 4.69) is 58.0 Å². The summed E-state index contributed by atoms with van der Waals surface area (Å²) in [7, 11) is 0. The van der Waals surface area contributed by atoms with Crippen LogP contribution < -0.4 is 4.74 Å². The van der Waals surface area contributed by atoms with E-state index in [1.54, 1.807) is 0 Å². The summed E-state index contributed by atoms with van der Waals surface area (Å²) >= 11 is 0. The highest BCUT2D eigenvalue weighted by molar-refractivity contribution is 5.86. The Balaban J connectivity index is 0.000000254. The SMILES string of the molecule is CCCCc1cccc2c1C(CCCC)C(=O)O2.Cc1ccccc1C. The van der Waals surface area contributed by atoms with Gasteiger partial charge in [-0.3, -0.25) is 4.79 Å². The second-order valence-electron chi connectivity index (χ2n) is 7.13. The maximum Gasteiger partial charge on any atom is 0.318 e. The molecule has 2 heteroatoms. The van der Waals surface area contributed by atoms with Crippen molar-refractivity contribution in [1.82, 2.24) is 0 Å². The molecule has 1 atom stereocenters. The Kier molecular flexibility index (Phi) is 7.90. The van der Waals surface area contributed by atoms with Gasteiger partial charge in [0.1, 0.15) is 5.75 Å². The molecule has 1 aliphatic heterocycles. The largest absolute Gasteiger partial charge is 0.426 e. The van der Waals surface area contributed by atoms with Gasteiger partial charge < -0.3 is 4.74 Å². The number of ether oxygens (including phenoxy) is 1. The van der Waals surface area contributed by atoms with Crippen molar-refractivity contribution >= 4 is 5.97 Å². The number of rotatable bonds is 6. The lowest BCUT2D eigenvalue weighted by molar-refractivity contribution is -0.134. The first-order valence-electron chi connectivity index (χ1n) is 9.94. The Morgan fingerprint density at radius 2 is 1.54 bits per heavy atom. The molecule has 0 aromatic heterocycles. The predicted octanol–water partition coefficient (Wildman–Crippen LogP) is 6.53. The molecular formula is C24H32O2. The van der Waals surface area contributed by atoms with Gasteiger partial charge in [0, 0.05) is 5.56 Å². The number of fused-ring (bicyclic) bond motifs is 1. The van der Waals surface area contributed by atoms with Gasteiger partial charge in [0.2, 0.25) is 0 Å². The number of unbranched alkanes of at least 4 members (excludes halogenated alkanes) is 2. The fraction of sp³-hybridized carbons (Fsp3) is 0.458. The number of hydrogen-bond acceptors (Lipinski definition) is 2. The zero-order valence-corrected chi connectivity index (χ0v) is 16.7. The van der Waals surface area contributed by atoms with Crippen LogP contribution in [-0.2, 0) is 11.2 Å². The van der Waals surface area contributed by atoms with Gasteiger partial charge in [0.15, 0.2) is 0 Å². The molecule has 0 bridgehead atoms. The Morgan fingerprint density at radius 1 is 0.885 bits per heavy atom. The van der Waals surface area contributed by atoms with Crippen LogP contribution in [0.2, 0.25) is 0 Å². The summed E-state index contributed by atoms with van der Waals surface area (Å²) in [5, 5.41) is 0. The van der Waals surface area contributed by atoms with Crippen molar-refractivity contribution in [2.24, 2.45) is 0 Å². The first-order chi connectivity index (χ1) is 12.6. The van der Waals surface area contributed by atoms with Crippen molar-refractivity contribution in [2.45, 2.75) is 72.1 Å². The Hall–Kier alpha value is -2.09. The van der Waals surface area contributed by atoms with E-state index >= 15 is 0 Å². The van der Waals surface area contributed by atoms with Crippen LogP contribution in [0.5, 0.6) is 5.75 Å². The monoisotopic (exact) mass is 352 g/mol. The summed E-state index contributed by atoms with van der Waals surface area (Å²) in [5.41, 5.74) is 5.21. The van der Waals surface area contributed by atoms with Crippen molar-refractivity contribution < 1.29 is 9.53 Å². The summed E-state index contributed by atoms with van der Waals surface area (Å²) in [6, 6.07) is 14.4. The van der Waals surface area contributed by atoms with Crippen molar-refractivity contribution in [3.63, 3.8) is 0 Å². The molecule has 0 N–H and O–H groups in total. The highest BCUT2D eigenvalue weighted by atomic mass is 16.5. The van der Waals surface area contributed by atoms with Gasteiger partial charge in [0.25, 0.3) is 0 Å². The molecule has 1 heterocycles. The number of benzene rings is 2. The van der Waals surface area contributed by atoms with E-state index in [1.807, 2.05) is 12.1 Å². The number of aryl methyl sites for hydroxylation is 3. The topological polar surface area (TPSA) is 26.3 Å². The summed E-state index contributed by atoms with van der Waals surface area (Å²) in [5.74, 6) is 0.727. The van der Waals surface area contributed by atoms with Gasteiger partial charge in [-0.1, -0.05) is 69.5 Å². The van der Waals surface area contributed by atoms with E-state index in [4.69, 9.17) is 4.74 Å². The fourth-order valence-corrected chi connectivity index (χ4v) is 3.29. The molecule has 0 radical (unpaired) electrons. The highest BCUT2D eigenvalue weighted by Gasteiger charge is 2.34. The minimum Gasteiger partial charge on any atom is -0.426 e. The van der Waals surface area contributed by atoms with E-state index in [0.717, 1.165) is 31.4 Å². The zero-order chi connectivity index (χ0) is 18.9. The molecule has 1 aliphatic rings. The van der Waals surface area contributed by atoms with E-state index in [-0.39, 0.29) is 11.9 Å². The Labute approximate surface area is 158 Å². The molecule has 0 saturated carbocycles. The highest BCUT2D eigenvalue weighted by Crippen LogP contribution is 2.40. The second kappa shape index (κ2) is 10.2. The molecule has 0 saturated heterocycles.